The van der Waals surface area contributed by atoms with Gasteiger partial charge in [-0.1, -0.05) is 69.3 Å². The molecule has 1 nitrogen and oxygen atoms in total. The van der Waals surface area contributed by atoms with E-state index in [1.165, 1.54) is 27.3 Å². The second-order valence-corrected chi connectivity index (χ2v) is 7.38. The van der Waals surface area contributed by atoms with Gasteiger partial charge in [-0.3, -0.25) is 0 Å². The Morgan fingerprint density at radius 2 is 1.29 bits per heavy atom. The summed E-state index contributed by atoms with van der Waals surface area (Å²) in [6.07, 6.45) is 0. The number of fused-ring (bicyclic) bond motifs is 2. The minimum absolute atomic E-state index is 0.0622. The molecule has 0 aliphatic rings. The van der Waals surface area contributed by atoms with Crippen LogP contribution >= 0.6 is 0 Å². The Balaban J connectivity index is 2.02. The Morgan fingerprint density at radius 1 is 0.667 bits per heavy atom. The van der Waals surface area contributed by atoms with Crippen LogP contribution < -0.4 is 0 Å². The average molecular weight is 311 g/mol. The maximum absolute atomic E-state index is 4.93. The standard InChI is InChI=1S/C23H21N/c1-23(2,3)20-15-18-10-5-4-9-17(18)14-19(20)22-13-12-16-8-6-7-11-21(16)24-22/h4-15H,1-3H3. The molecule has 0 radical (unpaired) electrons. The molecule has 1 heterocycles. The SMILES string of the molecule is CC(C)(C)c1cc2ccccc2cc1-c1ccc2ccccc2n1. The van der Waals surface area contributed by atoms with E-state index in [4.69, 9.17) is 4.98 Å². The summed E-state index contributed by atoms with van der Waals surface area (Å²) in [4.78, 5) is 4.93. The molecule has 0 saturated carbocycles. The number of para-hydroxylation sites is 1. The minimum atomic E-state index is 0.0622. The van der Waals surface area contributed by atoms with Crippen LogP contribution in [0.25, 0.3) is 32.9 Å². The summed E-state index contributed by atoms with van der Waals surface area (Å²) in [5.74, 6) is 0. The zero-order chi connectivity index (χ0) is 16.7. The van der Waals surface area contributed by atoms with E-state index in [-0.39, 0.29) is 5.41 Å². The van der Waals surface area contributed by atoms with Gasteiger partial charge in [0.2, 0.25) is 0 Å². The van der Waals surface area contributed by atoms with Crippen LogP contribution in [0.1, 0.15) is 26.3 Å². The number of nitrogens with zero attached hydrogens (tertiary/aromatic N) is 1. The lowest BCUT2D eigenvalue weighted by molar-refractivity contribution is 0.592. The maximum atomic E-state index is 4.93. The van der Waals surface area contributed by atoms with Crippen molar-refractivity contribution >= 4 is 21.7 Å². The van der Waals surface area contributed by atoms with E-state index >= 15 is 0 Å². The first kappa shape index (κ1) is 14.9. The summed E-state index contributed by atoms with van der Waals surface area (Å²) in [5.41, 5.74) is 4.72. The first-order valence-electron chi connectivity index (χ1n) is 8.42. The predicted octanol–water partition coefficient (Wildman–Crippen LogP) is 6.35. The van der Waals surface area contributed by atoms with Crippen LogP contribution in [0.4, 0.5) is 0 Å². The Hall–Kier alpha value is -2.67. The second-order valence-electron chi connectivity index (χ2n) is 7.38. The highest BCUT2D eigenvalue weighted by molar-refractivity contribution is 5.90. The fourth-order valence-corrected chi connectivity index (χ4v) is 3.29. The highest BCUT2D eigenvalue weighted by Crippen LogP contribution is 2.36. The molecule has 0 bridgehead atoms. The van der Waals surface area contributed by atoms with E-state index in [2.05, 4.69) is 87.5 Å². The molecule has 1 aromatic heterocycles. The van der Waals surface area contributed by atoms with E-state index in [1.807, 2.05) is 6.07 Å². The van der Waals surface area contributed by atoms with Crippen molar-refractivity contribution in [1.82, 2.24) is 4.98 Å². The maximum Gasteiger partial charge on any atom is 0.0712 e. The normalized spacial score (nSPS) is 12.0. The van der Waals surface area contributed by atoms with Gasteiger partial charge in [-0.15, -0.1) is 0 Å². The van der Waals surface area contributed by atoms with Crippen molar-refractivity contribution in [3.05, 3.63) is 78.4 Å². The Kier molecular flexibility index (Phi) is 3.38. The molecule has 118 valence electrons. The second kappa shape index (κ2) is 5.45. The molecule has 0 amide bonds. The van der Waals surface area contributed by atoms with Crippen molar-refractivity contribution in [3.63, 3.8) is 0 Å². The van der Waals surface area contributed by atoms with Gasteiger partial charge in [0.15, 0.2) is 0 Å². The molecule has 4 rings (SSSR count). The molecule has 0 spiro atoms. The highest BCUT2D eigenvalue weighted by atomic mass is 14.7. The molecule has 0 aliphatic carbocycles. The van der Waals surface area contributed by atoms with Gasteiger partial charge in [-0.25, -0.2) is 4.98 Å². The molecule has 0 saturated heterocycles. The zero-order valence-corrected chi connectivity index (χ0v) is 14.4. The lowest BCUT2D eigenvalue weighted by Gasteiger charge is -2.24. The minimum Gasteiger partial charge on any atom is -0.248 e. The van der Waals surface area contributed by atoms with Gasteiger partial charge in [0.25, 0.3) is 0 Å². The Labute approximate surface area is 143 Å². The third-order valence-electron chi connectivity index (χ3n) is 4.57. The molecule has 0 unspecified atom stereocenters. The molecule has 3 aromatic carbocycles. The van der Waals surface area contributed by atoms with E-state index < -0.39 is 0 Å². The number of aromatic nitrogens is 1. The number of rotatable bonds is 1. The van der Waals surface area contributed by atoms with Gasteiger partial charge in [0.1, 0.15) is 0 Å². The van der Waals surface area contributed by atoms with Crippen molar-refractivity contribution in [1.29, 1.82) is 0 Å². The highest BCUT2D eigenvalue weighted by Gasteiger charge is 2.20. The molecule has 24 heavy (non-hydrogen) atoms. The fourth-order valence-electron chi connectivity index (χ4n) is 3.29. The molecule has 0 aliphatic heterocycles. The van der Waals surface area contributed by atoms with Crippen LogP contribution in [0.3, 0.4) is 0 Å². The topological polar surface area (TPSA) is 12.9 Å². The van der Waals surface area contributed by atoms with Crippen LogP contribution in [-0.4, -0.2) is 4.98 Å². The van der Waals surface area contributed by atoms with Gasteiger partial charge < -0.3 is 0 Å². The molecule has 0 N–H and O–H groups in total. The Bertz CT molecular complexity index is 1040. The van der Waals surface area contributed by atoms with Gasteiger partial charge >= 0.3 is 0 Å². The van der Waals surface area contributed by atoms with E-state index in [1.54, 1.807) is 0 Å². The van der Waals surface area contributed by atoms with E-state index in [0.717, 1.165) is 11.2 Å². The lowest BCUT2D eigenvalue weighted by atomic mass is 9.81. The number of benzene rings is 3. The van der Waals surface area contributed by atoms with Crippen molar-refractivity contribution in [2.24, 2.45) is 0 Å². The van der Waals surface area contributed by atoms with Crippen molar-refractivity contribution in [2.45, 2.75) is 26.2 Å². The monoisotopic (exact) mass is 311 g/mol. The number of hydrogen-bond acceptors (Lipinski definition) is 1. The van der Waals surface area contributed by atoms with E-state index in [0.29, 0.717) is 0 Å². The van der Waals surface area contributed by atoms with Crippen LogP contribution in [-0.2, 0) is 5.41 Å². The molecular weight excluding hydrogens is 290 g/mol. The van der Waals surface area contributed by atoms with Crippen LogP contribution in [0.2, 0.25) is 0 Å². The molecule has 0 atom stereocenters. The van der Waals surface area contributed by atoms with Gasteiger partial charge in [-0.2, -0.15) is 0 Å². The summed E-state index contributed by atoms with van der Waals surface area (Å²) < 4.78 is 0. The first-order valence-corrected chi connectivity index (χ1v) is 8.42. The van der Waals surface area contributed by atoms with E-state index in [9.17, 15) is 0 Å². The van der Waals surface area contributed by atoms with Crippen LogP contribution in [0.15, 0.2) is 72.8 Å². The zero-order valence-electron chi connectivity index (χ0n) is 14.4. The van der Waals surface area contributed by atoms with Gasteiger partial charge in [0.05, 0.1) is 11.2 Å². The van der Waals surface area contributed by atoms with Crippen molar-refractivity contribution in [2.75, 3.05) is 0 Å². The van der Waals surface area contributed by atoms with Gasteiger partial charge in [0, 0.05) is 10.9 Å². The third-order valence-corrected chi connectivity index (χ3v) is 4.57. The summed E-state index contributed by atoms with van der Waals surface area (Å²) in [7, 11) is 0. The molecule has 4 aromatic rings. The molecule has 0 fully saturated rings. The van der Waals surface area contributed by atoms with Crippen molar-refractivity contribution in [3.8, 4) is 11.3 Å². The quantitative estimate of drug-likeness (QED) is 0.399. The molecule has 1 heteroatoms. The summed E-state index contributed by atoms with van der Waals surface area (Å²) in [6.45, 7) is 6.80. The lowest BCUT2D eigenvalue weighted by Crippen LogP contribution is -2.13. The van der Waals surface area contributed by atoms with Crippen LogP contribution in [0, 0.1) is 0 Å². The fraction of sp³-hybridized carbons (Fsp3) is 0.174. The third kappa shape index (κ3) is 2.56. The number of pyridine rings is 1. The summed E-state index contributed by atoms with van der Waals surface area (Å²) in [6, 6.07) is 25.8. The summed E-state index contributed by atoms with van der Waals surface area (Å²) in [5, 5.41) is 3.72. The van der Waals surface area contributed by atoms with Crippen molar-refractivity contribution < 1.29 is 0 Å². The van der Waals surface area contributed by atoms with Gasteiger partial charge in [-0.05, 0) is 46.0 Å². The predicted molar refractivity (Wildman–Crippen MR) is 103 cm³/mol. The van der Waals surface area contributed by atoms with Crippen LogP contribution in [0.5, 0.6) is 0 Å². The Morgan fingerprint density at radius 3 is 2.00 bits per heavy atom. The first-order chi connectivity index (χ1) is 11.5. The number of hydrogen-bond donors (Lipinski definition) is 0. The molecular formula is C23H21N. The smallest absolute Gasteiger partial charge is 0.0712 e. The average Bonchev–Trinajstić information content (AvgIpc) is 2.59. The summed E-state index contributed by atoms with van der Waals surface area (Å²) >= 11 is 0. The largest absolute Gasteiger partial charge is 0.248 e.